The van der Waals surface area contributed by atoms with Gasteiger partial charge in [0.2, 0.25) is 17.8 Å². The van der Waals surface area contributed by atoms with Gasteiger partial charge in [0.15, 0.2) is 0 Å². The molecule has 242 valence electrons. The molecule has 0 aliphatic carbocycles. The number of halogens is 2. The third kappa shape index (κ3) is 9.14. The molecular formula is C25H50Cl2N12O3. The lowest BCUT2D eigenvalue weighted by Crippen LogP contribution is -2.34. The van der Waals surface area contributed by atoms with Crippen molar-refractivity contribution in [2.75, 3.05) is 46.6 Å². The van der Waals surface area contributed by atoms with Crippen LogP contribution in [0.25, 0.3) is 0 Å². The summed E-state index contributed by atoms with van der Waals surface area (Å²) in [6.45, 7) is 3.64. The van der Waals surface area contributed by atoms with Crippen molar-refractivity contribution in [3.05, 3.63) is 51.4 Å². The summed E-state index contributed by atoms with van der Waals surface area (Å²) in [4.78, 5) is 45.4. The van der Waals surface area contributed by atoms with Crippen LogP contribution < -0.4 is 50.6 Å². The van der Waals surface area contributed by atoms with E-state index in [1.165, 1.54) is 37.2 Å². The summed E-state index contributed by atoms with van der Waals surface area (Å²) in [5.41, 5.74) is -0.0524. The highest BCUT2D eigenvalue weighted by Crippen LogP contribution is 2.29. The van der Waals surface area contributed by atoms with E-state index in [4.69, 9.17) is 16.6 Å². The van der Waals surface area contributed by atoms with Crippen LogP contribution in [0.15, 0.2) is 35.3 Å². The molecule has 3 aromatic rings. The molecular weight excluding hydrogens is 587 g/mol. The summed E-state index contributed by atoms with van der Waals surface area (Å²) >= 11 is 5.88. The van der Waals surface area contributed by atoms with Crippen molar-refractivity contribution >= 4 is 59.1 Å². The van der Waals surface area contributed by atoms with Crippen LogP contribution in [-0.4, -0.2) is 57.1 Å². The first-order valence-corrected chi connectivity index (χ1v) is 12.9. The minimum absolute atomic E-state index is 0. The number of phenols is 1. The fraction of sp³-hybridized carbons (Fsp3) is 0.400. The van der Waals surface area contributed by atoms with E-state index in [1.54, 1.807) is 6.07 Å². The Balaban J connectivity index is -0.000000623. The van der Waals surface area contributed by atoms with E-state index in [0.717, 1.165) is 51.9 Å². The highest BCUT2D eigenvalue weighted by atomic mass is 35.5. The van der Waals surface area contributed by atoms with Gasteiger partial charge in [0, 0.05) is 49.8 Å². The second kappa shape index (κ2) is 17.3. The number of carbonyl (C=O) groups excluding carboxylic acids is 1. The van der Waals surface area contributed by atoms with Crippen LogP contribution in [0.3, 0.4) is 0 Å². The smallest absolute Gasteiger partial charge is 0.261 e. The first-order chi connectivity index (χ1) is 18.0. The van der Waals surface area contributed by atoms with E-state index < -0.39 is 11.5 Å². The van der Waals surface area contributed by atoms with E-state index in [2.05, 4.69) is 35.4 Å². The molecule has 1 aromatic carbocycles. The summed E-state index contributed by atoms with van der Waals surface area (Å²) < 4.78 is 0. The first-order valence-electron chi connectivity index (χ1n) is 12.5. The van der Waals surface area contributed by atoms with Crippen molar-refractivity contribution < 1.29 is 15.6 Å². The molecule has 0 spiro atoms. The Morgan fingerprint density at radius 1 is 0.881 bits per heavy atom. The summed E-state index contributed by atoms with van der Waals surface area (Å²) in [6, 6.07) is 5.95. The number of H-pyrrole nitrogens is 1. The summed E-state index contributed by atoms with van der Waals surface area (Å²) in [5.74, 6) is 0.820. The van der Waals surface area contributed by atoms with Gasteiger partial charge in [-0.05, 0) is 56.7 Å². The maximum absolute atomic E-state index is 12.5. The number of phenolic OH excluding ortho intramolecular Hbond substituents is 1. The molecule has 0 radical (unpaired) electrons. The lowest BCUT2D eigenvalue weighted by molar-refractivity contribution is 0.102. The van der Waals surface area contributed by atoms with Crippen LogP contribution in [0.1, 0.15) is 54.6 Å². The number of aromatic nitrogens is 4. The maximum atomic E-state index is 12.5. The van der Waals surface area contributed by atoms with Crippen LogP contribution in [-0.2, 0) is 0 Å². The Bertz CT molecular complexity index is 1330. The molecule has 2 aromatic heterocycles. The van der Waals surface area contributed by atoms with E-state index in [1.807, 2.05) is 0 Å². The number of piperidine rings is 2. The lowest BCUT2D eigenvalue weighted by atomic mass is 10.1. The Morgan fingerprint density at radius 3 is 1.95 bits per heavy atom. The standard InChI is InChI=1S/C25H29ClN8O3.ClH.4H3N.4H2/c26-16-13-18(21(36)27-15-16)22(37)29-19-8-7-17(14-20(19)35)28-23-30-24(33-9-3-1-4-10-33)32-25(31-23)34-11-5-2-6-12-34;;;;;;;;;/h7-8,13-15,35H,1-6,9-12H2,(H,27,36)(H,29,37)(H,28,30,31,32);1H;4*1H3;4*1H. The molecule has 0 unspecified atom stereocenters. The average molecular weight is 638 g/mol. The van der Waals surface area contributed by atoms with Gasteiger partial charge in [-0.2, -0.15) is 15.0 Å². The van der Waals surface area contributed by atoms with Gasteiger partial charge in [0.05, 0.1) is 10.7 Å². The maximum Gasteiger partial charge on any atom is 0.261 e. The molecule has 2 aliphatic heterocycles. The number of aromatic hydroxyl groups is 1. The number of amides is 1. The molecule has 5 rings (SSSR count). The zero-order valence-corrected chi connectivity index (χ0v) is 25.1. The molecule has 4 heterocycles. The number of aromatic amines is 1. The lowest BCUT2D eigenvalue weighted by Gasteiger charge is -2.30. The molecule has 2 fully saturated rings. The van der Waals surface area contributed by atoms with Crippen molar-refractivity contribution in [2.45, 2.75) is 38.5 Å². The van der Waals surface area contributed by atoms with Gasteiger partial charge in [-0.15, -0.1) is 12.4 Å². The van der Waals surface area contributed by atoms with Crippen molar-refractivity contribution in [3.63, 3.8) is 0 Å². The van der Waals surface area contributed by atoms with Crippen molar-refractivity contribution in [3.8, 4) is 5.75 Å². The number of hydrogen-bond acceptors (Lipinski definition) is 13. The SMILES string of the molecule is Cl.N.N.N.N.O=C(Nc1ccc(Nc2nc(N3CCCCC3)nc(N3CCCCC3)n2)cc1O)c1cc(Cl)c[nH]c1=O.[HH].[HH].[HH].[HH]. The van der Waals surface area contributed by atoms with Gasteiger partial charge < -0.3 is 55.1 Å². The normalized spacial score (nSPS) is 14.0. The topological polar surface area (TPSA) is 279 Å². The van der Waals surface area contributed by atoms with Gasteiger partial charge in [0.25, 0.3) is 11.5 Å². The molecule has 0 saturated carbocycles. The van der Waals surface area contributed by atoms with Crippen LogP contribution in [0.4, 0.5) is 29.2 Å². The Kier molecular flexibility index (Phi) is 15.7. The molecule has 0 atom stereocenters. The number of hydrogen-bond donors (Lipinski definition) is 8. The summed E-state index contributed by atoms with van der Waals surface area (Å²) in [7, 11) is 0. The zero-order chi connectivity index (χ0) is 25.8. The Labute approximate surface area is 261 Å². The largest absolute Gasteiger partial charge is 0.506 e. The predicted octanol–water partition coefficient (Wildman–Crippen LogP) is 5.95. The van der Waals surface area contributed by atoms with E-state index in [9.17, 15) is 14.7 Å². The van der Waals surface area contributed by atoms with Crippen LogP contribution in [0.5, 0.6) is 5.75 Å². The monoisotopic (exact) mass is 636 g/mol. The first kappa shape index (κ1) is 38.3. The van der Waals surface area contributed by atoms with Gasteiger partial charge in [-0.25, -0.2) is 0 Å². The number of rotatable bonds is 6. The molecule has 16 N–H and O–H groups in total. The molecule has 2 saturated heterocycles. The number of carbonyl (C=O) groups is 1. The summed E-state index contributed by atoms with van der Waals surface area (Å²) in [6.07, 6.45) is 8.14. The minimum atomic E-state index is -0.686. The fourth-order valence-corrected chi connectivity index (χ4v) is 4.70. The molecule has 1 amide bonds. The zero-order valence-electron chi connectivity index (χ0n) is 23.6. The number of pyridine rings is 1. The van der Waals surface area contributed by atoms with Crippen LogP contribution in [0.2, 0.25) is 5.02 Å². The number of nitrogens with zero attached hydrogens (tertiary/aromatic N) is 5. The van der Waals surface area contributed by atoms with Crippen LogP contribution >= 0.6 is 24.0 Å². The minimum Gasteiger partial charge on any atom is -0.506 e. The van der Waals surface area contributed by atoms with Gasteiger partial charge >= 0.3 is 0 Å². The third-order valence-corrected chi connectivity index (χ3v) is 6.72. The van der Waals surface area contributed by atoms with Gasteiger partial charge in [-0.1, -0.05) is 11.6 Å². The fourth-order valence-electron chi connectivity index (χ4n) is 4.54. The van der Waals surface area contributed by atoms with Crippen molar-refractivity contribution in [1.82, 2.24) is 44.5 Å². The highest BCUT2D eigenvalue weighted by molar-refractivity contribution is 6.30. The molecule has 0 bridgehead atoms. The third-order valence-electron chi connectivity index (χ3n) is 6.50. The second-order valence-corrected chi connectivity index (χ2v) is 9.66. The van der Waals surface area contributed by atoms with E-state index >= 15 is 0 Å². The number of anilines is 5. The summed E-state index contributed by atoms with van der Waals surface area (Å²) in [5, 5.41) is 16.5. The molecule has 2 aliphatic rings. The predicted molar refractivity (Wildman–Crippen MR) is 179 cm³/mol. The van der Waals surface area contributed by atoms with E-state index in [-0.39, 0.29) is 64.7 Å². The molecule has 42 heavy (non-hydrogen) atoms. The van der Waals surface area contributed by atoms with Crippen molar-refractivity contribution in [1.29, 1.82) is 0 Å². The average Bonchev–Trinajstić information content (AvgIpc) is 2.92. The Hall–Kier alpha value is -3.73. The van der Waals surface area contributed by atoms with E-state index in [0.29, 0.717) is 23.5 Å². The quantitative estimate of drug-likeness (QED) is 0.145. The van der Waals surface area contributed by atoms with Crippen molar-refractivity contribution in [2.24, 2.45) is 0 Å². The van der Waals surface area contributed by atoms with Gasteiger partial charge in [-0.3, -0.25) is 9.59 Å². The number of benzene rings is 1. The van der Waals surface area contributed by atoms with Crippen LogP contribution in [0, 0.1) is 0 Å². The molecule has 15 nitrogen and oxygen atoms in total. The Morgan fingerprint density at radius 2 is 1.43 bits per heavy atom. The second-order valence-electron chi connectivity index (χ2n) is 9.23. The number of nitrogens with one attached hydrogen (secondary N) is 3. The van der Waals surface area contributed by atoms with Gasteiger partial charge in [0.1, 0.15) is 11.3 Å². The molecule has 17 heteroatoms. The highest BCUT2D eigenvalue weighted by Gasteiger charge is 2.21.